The number of nitrogens with zero attached hydrogens (tertiary/aromatic N) is 3. The highest BCUT2D eigenvalue weighted by Gasteiger charge is 2.11. The molecule has 3 aromatic rings. The molecular formula is C20H22N4O. The van der Waals surface area contributed by atoms with Crippen molar-refractivity contribution in [2.45, 2.75) is 13.5 Å². The van der Waals surface area contributed by atoms with Crippen LogP contribution in [0.2, 0.25) is 0 Å². The lowest BCUT2D eigenvalue weighted by Crippen LogP contribution is -2.35. The van der Waals surface area contributed by atoms with Crippen LogP contribution in [-0.2, 0) is 11.3 Å². The van der Waals surface area contributed by atoms with E-state index < -0.39 is 0 Å². The summed E-state index contributed by atoms with van der Waals surface area (Å²) in [5, 5.41) is 14.2. The zero-order chi connectivity index (χ0) is 17.1. The first-order valence-corrected chi connectivity index (χ1v) is 8.68. The number of aromatic nitrogens is 2. The number of benzene rings is 2. The Morgan fingerprint density at radius 1 is 0.960 bits per heavy atom. The van der Waals surface area contributed by atoms with Gasteiger partial charge in [0, 0.05) is 36.1 Å². The van der Waals surface area contributed by atoms with Gasteiger partial charge < -0.3 is 10.1 Å². The zero-order valence-corrected chi connectivity index (χ0v) is 14.4. The number of anilines is 2. The molecule has 0 spiro atoms. The molecular weight excluding hydrogens is 312 g/mol. The van der Waals surface area contributed by atoms with Crippen molar-refractivity contribution in [1.82, 2.24) is 15.1 Å². The second-order valence-electron chi connectivity index (χ2n) is 6.39. The summed E-state index contributed by atoms with van der Waals surface area (Å²) in [6.07, 6.45) is 0. The number of morpholine rings is 1. The molecule has 0 bridgehead atoms. The Balaban J connectivity index is 1.51. The highest BCUT2D eigenvalue weighted by molar-refractivity contribution is 5.94. The molecule has 0 atom stereocenters. The molecule has 5 nitrogen and oxygen atoms in total. The Labute approximate surface area is 147 Å². The van der Waals surface area contributed by atoms with Crippen molar-refractivity contribution in [1.29, 1.82) is 0 Å². The molecule has 2 heterocycles. The average Bonchev–Trinajstić information content (AvgIpc) is 2.67. The normalized spacial score (nSPS) is 15.4. The molecule has 5 heteroatoms. The van der Waals surface area contributed by atoms with Crippen molar-refractivity contribution < 1.29 is 4.74 Å². The molecule has 0 amide bonds. The number of hydrogen-bond donors (Lipinski definition) is 1. The van der Waals surface area contributed by atoms with Gasteiger partial charge in [0.25, 0.3) is 0 Å². The van der Waals surface area contributed by atoms with Crippen LogP contribution in [0.5, 0.6) is 0 Å². The number of fused-ring (bicyclic) bond motifs is 1. The van der Waals surface area contributed by atoms with Crippen LogP contribution in [0.1, 0.15) is 11.3 Å². The Hall–Kier alpha value is -2.50. The lowest BCUT2D eigenvalue weighted by atomic mass is 10.1. The van der Waals surface area contributed by atoms with Crippen LogP contribution in [-0.4, -0.2) is 41.4 Å². The standard InChI is InChI=1S/C20H22N4O/c1-15-18-4-2-3-5-19(18)20(23-22-15)21-17-8-6-16(7-9-17)14-24-10-12-25-13-11-24/h2-9H,10-14H2,1H3,(H,21,23). The lowest BCUT2D eigenvalue weighted by Gasteiger charge is -2.26. The van der Waals surface area contributed by atoms with E-state index in [0.29, 0.717) is 0 Å². The molecule has 128 valence electrons. The third-order valence-corrected chi connectivity index (χ3v) is 4.60. The summed E-state index contributed by atoms with van der Waals surface area (Å²) >= 11 is 0. The van der Waals surface area contributed by atoms with Crippen LogP contribution < -0.4 is 5.32 Å². The Bertz CT molecular complexity index is 857. The van der Waals surface area contributed by atoms with Crippen LogP contribution in [0.3, 0.4) is 0 Å². The van der Waals surface area contributed by atoms with Crippen molar-refractivity contribution in [3.05, 3.63) is 59.8 Å². The lowest BCUT2D eigenvalue weighted by molar-refractivity contribution is 0.0342. The van der Waals surface area contributed by atoms with E-state index in [4.69, 9.17) is 4.74 Å². The van der Waals surface area contributed by atoms with Gasteiger partial charge in [-0.1, -0.05) is 36.4 Å². The van der Waals surface area contributed by atoms with E-state index in [0.717, 1.165) is 60.8 Å². The van der Waals surface area contributed by atoms with Gasteiger partial charge in [0.15, 0.2) is 5.82 Å². The first-order valence-electron chi connectivity index (χ1n) is 8.68. The molecule has 4 rings (SSSR count). The second-order valence-corrected chi connectivity index (χ2v) is 6.39. The number of nitrogens with one attached hydrogen (secondary N) is 1. The number of aryl methyl sites for hydroxylation is 1. The average molecular weight is 334 g/mol. The number of rotatable bonds is 4. The summed E-state index contributed by atoms with van der Waals surface area (Å²) in [5.41, 5.74) is 3.28. The first kappa shape index (κ1) is 16.0. The molecule has 2 aromatic carbocycles. The van der Waals surface area contributed by atoms with Gasteiger partial charge in [-0.2, -0.15) is 5.10 Å². The van der Waals surface area contributed by atoms with E-state index in [1.54, 1.807) is 0 Å². The third-order valence-electron chi connectivity index (χ3n) is 4.60. The van der Waals surface area contributed by atoms with Gasteiger partial charge in [0.2, 0.25) is 0 Å². The Kier molecular flexibility index (Phi) is 4.59. The monoisotopic (exact) mass is 334 g/mol. The zero-order valence-electron chi connectivity index (χ0n) is 14.4. The van der Waals surface area contributed by atoms with Crippen LogP contribution >= 0.6 is 0 Å². The number of hydrogen-bond acceptors (Lipinski definition) is 5. The maximum absolute atomic E-state index is 5.40. The molecule has 1 aliphatic heterocycles. The van der Waals surface area contributed by atoms with E-state index >= 15 is 0 Å². The smallest absolute Gasteiger partial charge is 0.160 e. The van der Waals surface area contributed by atoms with Gasteiger partial charge in [-0.25, -0.2) is 0 Å². The molecule has 1 N–H and O–H groups in total. The van der Waals surface area contributed by atoms with Crippen molar-refractivity contribution in [2.24, 2.45) is 0 Å². The van der Waals surface area contributed by atoms with Gasteiger partial charge in [-0.05, 0) is 24.6 Å². The number of ether oxygens (including phenoxy) is 1. The maximum atomic E-state index is 5.40. The Morgan fingerprint density at radius 3 is 2.44 bits per heavy atom. The fourth-order valence-corrected chi connectivity index (χ4v) is 3.18. The molecule has 1 aromatic heterocycles. The molecule has 0 saturated carbocycles. The minimum Gasteiger partial charge on any atom is -0.379 e. The fourth-order valence-electron chi connectivity index (χ4n) is 3.18. The van der Waals surface area contributed by atoms with Crippen LogP contribution in [0, 0.1) is 6.92 Å². The molecule has 1 aliphatic rings. The summed E-state index contributed by atoms with van der Waals surface area (Å²) in [4.78, 5) is 2.42. The van der Waals surface area contributed by atoms with Gasteiger partial charge in [0.1, 0.15) is 0 Å². The third kappa shape index (κ3) is 3.62. The first-order chi connectivity index (χ1) is 12.3. The molecule has 0 unspecified atom stereocenters. The highest BCUT2D eigenvalue weighted by atomic mass is 16.5. The van der Waals surface area contributed by atoms with Crippen molar-refractivity contribution in [3.8, 4) is 0 Å². The van der Waals surface area contributed by atoms with Gasteiger partial charge in [0.05, 0.1) is 18.9 Å². The minimum absolute atomic E-state index is 0.794. The minimum atomic E-state index is 0.794. The Morgan fingerprint density at radius 2 is 1.68 bits per heavy atom. The molecule has 1 saturated heterocycles. The van der Waals surface area contributed by atoms with Gasteiger partial charge >= 0.3 is 0 Å². The predicted molar refractivity (Wildman–Crippen MR) is 100 cm³/mol. The van der Waals surface area contributed by atoms with E-state index in [1.807, 2.05) is 19.1 Å². The van der Waals surface area contributed by atoms with Gasteiger partial charge in [-0.3, -0.25) is 4.90 Å². The van der Waals surface area contributed by atoms with Crippen LogP contribution in [0.15, 0.2) is 48.5 Å². The molecule has 25 heavy (non-hydrogen) atoms. The summed E-state index contributed by atoms with van der Waals surface area (Å²) in [5.74, 6) is 0.794. The quantitative estimate of drug-likeness (QED) is 0.791. The van der Waals surface area contributed by atoms with Crippen molar-refractivity contribution in [3.63, 3.8) is 0 Å². The molecule has 0 radical (unpaired) electrons. The predicted octanol–water partition coefficient (Wildman–Crippen LogP) is 3.51. The van der Waals surface area contributed by atoms with Crippen molar-refractivity contribution in [2.75, 3.05) is 31.6 Å². The van der Waals surface area contributed by atoms with Crippen LogP contribution in [0.4, 0.5) is 11.5 Å². The van der Waals surface area contributed by atoms with E-state index in [1.165, 1.54) is 5.56 Å². The maximum Gasteiger partial charge on any atom is 0.160 e. The second kappa shape index (κ2) is 7.17. The highest BCUT2D eigenvalue weighted by Crippen LogP contribution is 2.25. The molecule has 0 aliphatic carbocycles. The summed E-state index contributed by atoms with van der Waals surface area (Å²) < 4.78 is 5.40. The molecule has 1 fully saturated rings. The summed E-state index contributed by atoms with van der Waals surface area (Å²) in [6, 6.07) is 16.8. The topological polar surface area (TPSA) is 50.3 Å². The van der Waals surface area contributed by atoms with Crippen LogP contribution in [0.25, 0.3) is 10.8 Å². The SMILES string of the molecule is Cc1nnc(Nc2ccc(CN3CCOCC3)cc2)c2ccccc12. The van der Waals surface area contributed by atoms with E-state index in [9.17, 15) is 0 Å². The van der Waals surface area contributed by atoms with E-state index in [2.05, 4.69) is 56.8 Å². The van der Waals surface area contributed by atoms with E-state index in [-0.39, 0.29) is 0 Å². The van der Waals surface area contributed by atoms with Crippen molar-refractivity contribution >= 4 is 22.3 Å². The largest absolute Gasteiger partial charge is 0.379 e. The van der Waals surface area contributed by atoms with Gasteiger partial charge in [-0.15, -0.1) is 5.10 Å². The summed E-state index contributed by atoms with van der Waals surface area (Å²) in [7, 11) is 0. The fraction of sp³-hybridized carbons (Fsp3) is 0.300. The summed E-state index contributed by atoms with van der Waals surface area (Å²) in [6.45, 7) is 6.63.